The highest BCUT2D eigenvalue weighted by atomic mass is 16.5. The summed E-state index contributed by atoms with van der Waals surface area (Å²) < 4.78 is 5.43. The second-order valence-corrected chi connectivity index (χ2v) is 16.4. The number of aliphatic hydroxyl groups is 2. The highest BCUT2D eigenvalue weighted by Gasteiger charge is 2.20. The van der Waals surface area contributed by atoms with Gasteiger partial charge in [-0.3, -0.25) is 9.59 Å². The largest absolute Gasteiger partial charge is 0.466 e. The predicted molar refractivity (Wildman–Crippen MR) is 232 cm³/mol. The summed E-state index contributed by atoms with van der Waals surface area (Å²) in [6, 6.07) is -0.549. The minimum atomic E-state index is -0.671. The van der Waals surface area contributed by atoms with Gasteiger partial charge in [0, 0.05) is 12.8 Å². The van der Waals surface area contributed by atoms with E-state index in [9.17, 15) is 19.8 Å². The van der Waals surface area contributed by atoms with Crippen molar-refractivity contribution in [3.05, 3.63) is 12.2 Å². The van der Waals surface area contributed by atoms with Gasteiger partial charge < -0.3 is 20.3 Å². The molecule has 0 bridgehead atoms. The molecule has 6 nitrogen and oxygen atoms in total. The van der Waals surface area contributed by atoms with Gasteiger partial charge in [0.1, 0.15) is 0 Å². The zero-order valence-corrected chi connectivity index (χ0v) is 36.2. The van der Waals surface area contributed by atoms with Crippen molar-refractivity contribution in [2.45, 2.75) is 270 Å². The first-order chi connectivity index (χ1) is 26.5. The normalized spacial score (nSPS) is 12.7. The Labute approximate surface area is 336 Å². The van der Waals surface area contributed by atoms with Crippen LogP contribution < -0.4 is 5.32 Å². The zero-order valence-electron chi connectivity index (χ0n) is 36.2. The number of hydrogen-bond acceptors (Lipinski definition) is 5. The Morgan fingerprint density at radius 1 is 0.500 bits per heavy atom. The van der Waals surface area contributed by atoms with Crippen LogP contribution in [0.1, 0.15) is 258 Å². The first-order valence-electron chi connectivity index (χ1n) is 23.9. The molecule has 0 aromatic rings. The van der Waals surface area contributed by atoms with E-state index in [4.69, 9.17) is 4.74 Å². The first-order valence-corrected chi connectivity index (χ1v) is 23.9. The Kier molecular flexibility index (Phi) is 43.2. The molecule has 0 rings (SSSR count). The molecule has 0 aromatic carbocycles. The van der Waals surface area contributed by atoms with Crippen LogP contribution in [0.25, 0.3) is 0 Å². The molecule has 0 radical (unpaired) electrons. The summed E-state index contributed by atoms with van der Waals surface area (Å²) in [6.07, 6.45) is 48.8. The Balaban J connectivity index is 3.46. The number of amides is 1. The number of nitrogens with one attached hydrogen (secondary N) is 1. The highest BCUT2D eigenvalue weighted by Crippen LogP contribution is 2.16. The van der Waals surface area contributed by atoms with Crippen molar-refractivity contribution in [3.8, 4) is 0 Å². The maximum atomic E-state index is 12.4. The Bertz CT molecular complexity index is 802. The quantitative estimate of drug-likeness (QED) is 0.0326. The van der Waals surface area contributed by atoms with Gasteiger partial charge in [-0.2, -0.15) is 0 Å². The van der Waals surface area contributed by atoms with Crippen LogP contribution in [0, 0.1) is 0 Å². The molecule has 2 atom stereocenters. The Hall–Kier alpha value is -1.40. The zero-order chi connectivity index (χ0) is 39.4. The summed E-state index contributed by atoms with van der Waals surface area (Å²) in [7, 11) is 0. The fourth-order valence-electron chi connectivity index (χ4n) is 7.32. The maximum absolute atomic E-state index is 12.4. The molecule has 54 heavy (non-hydrogen) atoms. The lowest BCUT2D eigenvalue weighted by Gasteiger charge is -2.22. The van der Waals surface area contributed by atoms with Crippen molar-refractivity contribution in [1.82, 2.24) is 5.32 Å². The van der Waals surface area contributed by atoms with Gasteiger partial charge in [-0.15, -0.1) is 0 Å². The van der Waals surface area contributed by atoms with E-state index in [0.29, 0.717) is 25.9 Å². The fraction of sp³-hybridized carbons (Fsp3) is 0.917. The van der Waals surface area contributed by atoms with E-state index in [-0.39, 0.29) is 18.5 Å². The number of hydrogen-bond donors (Lipinski definition) is 3. The number of carbonyl (C=O) groups is 2. The molecule has 320 valence electrons. The summed E-state index contributed by atoms with van der Waals surface area (Å²) in [5.74, 6) is -0.0650. The van der Waals surface area contributed by atoms with Gasteiger partial charge in [-0.25, -0.2) is 0 Å². The Morgan fingerprint density at radius 2 is 0.889 bits per heavy atom. The monoisotopic (exact) mass is 764 g/mol. The third-order valence-electron chi connectivity index (χ3n) is 11.1. The maximum Gasteiger partial charge on any atom is 0.305 e. The van der Waals surface area contributed by atoms with Crippen molar-refractivity contribution in [2.24, 2.45) is 0 Å². The van der Waals surface area contributed by atoms with Crippen LogP contribution in [0.3, 0.4) is 0 Å². The topological polar surface area (TPSA) is 95.9 Å². The highest BCUT2D eigenvalue weighted by molar-refractivity contribution is 5.76. The lowest BCUT2D eigenvalue weighted by atomic mass is 10.0. The minimum absolute atomic E-state index is 0.0166. The van der Waals surface area contributed by atoms with Crippen LogP contribution in [0.15, 0.2) is 12.2 Å². The molecule has 1 amide bonds. The number of ether oxygens (including phenoxy) is 1. The average molecular weight is 764 g/mol. The van der Waals surface area contributed by atoms with Crippen LogP contribution in [-0.4, -0.2) is 47.4 Å². The summed E-state index contributed by atoms with van der Waals surface area (Å²) >= 11 is 0. The van der Waals surface area contributed by atoms with Crippen molar-refractivity contribution in [2.75, 3.05) is 13.2 Å². The molecule has 0 fully saturated rings. The Morgan fingerprint density at radius 3 is 1.37 bits per heavy atom. The van der Waals surface area contributed by atoms with Crippen LogP contribution in [0.2, 0.25) is 0 Å². The van der Waals surface area contributed by atoms with Gasteiger partial charge >= 0.3 is 5.97 Å². The summed E-state index contributed by atoms with van der Waals surface area (Å²) in [5.41, 5.74) is 0. The molecular weight excluding hydrogens is 671 g/mol. The third kappa shape index (κ3) is 40.3. The summed E-state index contributed by atoms with van der Waals surface area (Å²) in [6.45, 7) is 4.88. The van der Waals surface area contributed by atoms with Crippen molar-refractivity contribution < 1.29 is 24.5 Å². The molecule has 0 spiro atoms. The van der Waals surface area contributed by atoms with Gasteiger partial charge in [0.15, 0.2) is 0 Å². The van der Waals surface area contributed by atoms with E-state index in [1.165, 1.54) is 173 Å². The van der Waals surface area contributed by atoms with Gasteiger partial charge in [0.05, 0.1) is 25.4 Å². The summed E-state index contributed by atoms with van der Waals surface area (Å²) in [4.78, 5) is 24.4. The smallest absolute Gasteiger partial charge is 0.305 e. The van der Waals surface area contributed by atoms with E-state index < -0.39 is 12.1 Å². The molecule has 0 heterocycles. The number of allylic oxidation sites excluding steroid dienone is 2. The fourth-order valence-corrected chi connectivity index (χ4v) is 7.32. The molecule has 0 saturated heterocycles. The van der Waals surface area contributed by atoms with Crippen LogP contribution >= 0.6 is 0 Å². The molecule has 2 unspecified atom stereocenters. The minimum Gasteiger partial charge on any atom is -0.466 e. The van der Waals surface area contributed by atoms with Crippen LogP contribution in [0.5, 0.6) is 0 Å². The first kappa shape index (κ1) is 52.6. The number of esters is 1. The van der Waals surface area contributed by atoms with Gasteiger partial charge in [0.2, 0.25) is 5.91 Å². The van der Waals surface area contributed by atoms with Crippen molar-refractivity contribution in [1.29, 1.82) is 0 Å². The van der Waals surface area contributed by atoms with Crippen molar-refractivity contribution >= 4 is 11.9 Å². The number of carbonyl (C=O) groups excluding carboxylic acids is 2. The molecular formula is C48H93NO5. The number of unbranched alkanes of at least 4 members (excludes halogenated alkanes) is 31. The number of aliphatic hydroxyl groups excluding tert-OH is 2. The molecule has 0 aliphatic carbocycles. The number of rotatable bonds is 44. The van der Waals surface area contributed by atoms with Gasteiger partial charge in [-0.05, 0) is 44.9 Å². The second-order valence-electron chi connectivity index (χ2n) is 16.4. The van der Waals surface area contributed by atoms with Crippen LogP contribution in [-0.2, 0) is 14.3 Å². The molecule has 0 aliphatic rings. The van der Waals surface area contributed by atoms with E-state index >= 15 is 0 Å². The molecule has 0 aliphatic heterocycles. The molecule has 6 heteroatoms. The van der Waals surface area contributed by atoms with E-state index in [2.05, 4.69) is 31.3 Å². The van der Waals surface area contributed by atoms with Gasteiger partial charge in [0.25, 0.3) is 0 Å². The third-order valence-corrected chi connectivity index (χ3v) is 11.1. The summed E-state index contributed by atoms with van der Waals surface area (Å²) in [5, 5.41) is 23.2. The van der Waals surface area contributed by atoms with Crippen molar-refractivity contribution in [3.63, 3.8) is 0 Å². The predicted octanol–water partition coefficient (Wildman–Crippen LogP) is 13.8. The van der Waals surface area contributed by atoms with Gasteiger partial charge in [-0.1, -0.05) is 212 Å². The van der Waals surface area contributed by atoms with E-state index in [1.807, 2.05) is 0 Å². The average Bonchev–Trinajstić information content (AvgIpc) is 3.17. The lowest BCUT2D eigenvalue weighted by molar-refractivity contribution is -0.143. The molecule has 3 N–H and O–H groups in total. The lowest BCUT2D eigenvalue weighted by Crippen LogP contribution is -2.45. The standard InChI is InChI=1S/C48H93NO5/c1-3-5-7-9-11-13-15-17-21-24-28-32-36-40-46(51)45(44-50)49-47(52)41-37-33-29-25-22-18-16-19-23-27-31-35-39-43-54-48(53)42-38-34-30-26-20-14-12-10-8-6-4-2/h10,12,45-46,50-51H,3-9,11,13-44H2,1-2H3,(H,49,52)/b12-10-. The van der Waals surface area contributed by atoms with Crippen LogP contribution in [0.4, 0.5) is 0 Å². The second kappa shape index (κ2) is 44.3. The molecule has 0 saturated carbocycles. The van der Waals surface area contributed by atoms with E-state index in [1.54, 1.807) is 0 Å². The molecule has 0 aromatic heterocycles. The SMILES string of the molecule is CCCC/C=C\CCCCCCCC(=O)OCCCCCCCCCCCCCCCC(=O)NC(CO)C(O)CCCCCCCCCCCCCCC. The van der Waals surface area contributed by atoms with E-state index in [0.717, 1.165) is 51.4 Å².